The van der Waals surface area contributed by atoms with E-state index in [2.05, 4.69) is 62.0 Å². The molecular weight excluding hydrogens is 466 g/mol. The van der Waals surface area contributed by atoms with Gasteiger partial charge in [-0.2, -0.15) is 5.10 Å². The molecule has 8 nitrogen and oxygen atoms in total. The molecule has 1 unspecified atom stereocenters. The average Bonchev–Trinajstić information content (AvgIpc) is 3.32. The first-order valence-electron chi connectivity index (χ1n) is 13.4. The smallest absolute Gasteiger partial charge is 0.182 e. The number of hydrogen-bond donors (Lipinski definition) is 2. The highest BCUT2D eigenvalue weighted by atomic mass is 16.5. The fraction of sp³-hybridized carbons (Fsp3) is 0.552. The molecule has 1 atom stereocenters. The molecule has 0 radical (unpaired) electrons. The normalized spacial score (nSPS) is 20.1. The molecule has 2 fully saturated rings. The summed E-state index contributed by atoms with van der Waals surface area (Å²) < 4.78 is 7.35. The number of aromatic nitrogens is 4. The highest BCUT2D eigenvalue weighted by Gasteiger charge is 2.55. The molecule has 4 heterocycles. The maximum Gasteiger partial charge on any atom is 0.182 e. The van der Waals surface area contributed by atoms with E-state index in [9.17, 15) is 10.2 Å². The zero-order chi connectivity index (χ0) is 26.2. The number of pyridine rings is 1. The van der Waals surface area contributed by atoms with Gasteiger partial charge in [-0.25, -0.2) is 9.67 Å². The molecule has 0 amide bonds. The Morgan fingerprint density at radius 2 is 1.81 bits per heavy atom. The van der Waals surface area contributed by atoms with Crippen LogP contribution in [0.1, 0.15) is 68.0 Å². The Labute approximate surface area is 219 Å². The van der Waals surface area contributed by atoms with E-state index in [1.807, 2.05) is 10.7 Å². The third-order valence-corrected chi connectivity index (χ3v) is 8.12. The molecule has 0 spiro atoms. The Bertz CT molecular complexity index is 1210. The molecule has 2 aliphatic rings. The van der Waals surface area contributed by atoms with E-state index in [1.165, 1.54) is 5.56 Å². The van der Waals surface area contributed by atoms with E-state index in [1.54, 1.807) is 12.4 Å². The lowest BCUT2D eigenvalue weighted by Crippen LogP contribution is -2.63. The van der Waals surface area contributed by atoms with Gasteiger partial charge in [-0.3, -0.25) is 4.98 Å². The molecular formula is C29H39N5O3. The van der Waals surface area contributed by atoms with Crippen molar-refractivity contribution in [2.75, 3.05) is 40.0 Å². The van der Waals surface area contributed by atoms with Crippen molar-refractivity contribution in [1.82, 2.24) is 24.6 Å². The molecule has 198 valence electrons. The van der Waals surface area contributed by atoms with Crippen molar-refractivity contribution in [1.29, 1.82) is 0 Å². The second-order valence-electron chi connectivity index (χ2n) is 11.3. The van der Waals surface area contributed by atoms with E-state index in [4.69, 9.17) is 14.8 Å². The Kier molecular flexibility index (Phi) is 7.20. The zero-order valence-electron chi connectivity index (χ0n) is 22.4. The van der Waals surface area contributed by atoms with E-state index < -0.39 is 5.60 Å². The van der Waals surface area contributed by atoms with Crippen LogP contribution in [0.15, 0.2) is 42.7 Å². The van der Waals surface area contributed by atoms with Crippen LogP contribution in [0.5, 0.6) is 0 Å². The topological polar surface area (TPSA) is 96.5 Å². The number of rotatable bonds is 8. The summed E-state index contributed by atoms with van der Waals surface area (Å²) in [5, 5.41) is 26.9. The van der Waals surface area contributed by atoms with Crippen LogP contribution in [-0.4, -0.2) is 74.8 Å². The van der Waals surface area contributed by atoms with Crippen LogP contribution >= 0.6 is 0 Å². The van der Waals surface area contributed by atoms with Crippen molar-refractivity contribution in [2.24, 2.45) is 5.41 Å². The highest BCUT2D eigenvalue weighted by molar-refractivity contribution is 5.56. The summed E-state index contributed by atoms with van der Waals surface area (Å²) in [6, 6.07) is 10.3. The SMILES string of the molecule is CC(C)c1ccc(C(O)(c2cncc(-c3nc(C4CCOCC4)n(CCO)n3)c2)C2(C)CN(C)C2)cc1. The predicted molar refractivity (Wildman–Crippen MR) is 142 cm³/mol. The van der Waals surface area contributed by atoms with Gasteiger partial charge in [0.1, 0.15) is 11.4 Å². The maximum absolute atomic E-state index is 12.5. The van der Waals surface area contributed by atoms with Crippen molar-refractivity contribution in [3.63, 3.8) is 0 Å². The summed E-state index contributed by atoms with van der Waals surface area (Å²) in [4.78, 5) is 11.7. The van der Waals surface area contributed by atoms with Crippen molar-refractivity contribution in [2.45, 2.75) is 57.6 Å². The molecule has 3 aromatic rings. The van der Waals surface area contributed by atoms with E-state index >= 15 is 0 Å². The summed E-state index contributed by atoms with van der Waals surface area (Å²) in [5.74, 6) is 2.11. The van der Waals surface area contributed by atoms with Crippen LogP contribution in [0.3, 0.4) is 0 Å². The van der Waals surface area contributed by atoms with Crippen LogP contribution < -0.4 is 0 Å². The van der Waals surface area contributed by atoms with Gasteiger partial charge >= 0.3 is 0 Å². The second kappa shape index (κ2) is 10.3. The summed E-state index contributed by atoms with van der Waals surface area (Å²) in [6.07, 6.45) is 5.31. The van der Waals surface area contributed by atoms with Gasteiger partial charge in [0.2, 0.25) is 0 Å². The lowest BCUT2D eigenvalue weighted by Gasteiger charge is -2.55. The van der Waals surface area contributed by atoms with Gasteiger partial charge in [0.25, 0.3) is 0 Å². The number of likely N-dealkylation sites (tertiary alicyclic amines) is 1. The number of hydrogen-bond acceptors (Lipinski definition) is 7. The molecule has 2 N–H and O–H groups in total. The molecule has 0 aliphatic carbocycles. The molecule has 37 heavy (non-hydrogen) atoms. The second-order valence-corrected chi connectivity index (χ2v) is 11.3. The fourth-order valence-corrected chi connectivity index (χ4v) is 6.10. The quantitative estimate of drug-likeness (QED) is 0.483. The van der Waals surface area contributed by atoms with Crippen molar-refractivity contribution in [3.05, 3.63) is 65.2 Å². The first-order chi connectivity index (χ1) is 17.7. The lowest BCUT2D eigenvalue weighted by molar-refractivity contribution is -0.127. The number of nitrogens with zero attached hydrogens (tertiary/aromatic N) is 5. The minimum atomic E-state index is -1.23. The van der Waals surface area contributed by atoms with E-state index in [0.717, 1.165) is 48.4 Å². The van der Waals surface area contributed by atoms with Crippen LogP contribution in [-0.2, 0) is 16.9 Å². The fourth-order valence-electron chi connectivity index (χ4n) is 6.10. The predicted octanol–water partition coefficient (Wildman–Crippen LogP) is 3.54. The summed E-state index contributed by atoms with van der Waals surface area (Å²) in [5.41, 5.74) is 2.01. The van der Waals surface area contributed by atoms with Crippen LogP contribution in [0.2, 0.25) is 0 Å². The molecule has 2 saturated heterocycles. The highest BCUT2D eigenvalue weighted by Crippen LogP contribution is 2.50. The Balaban J connectivity index is 1.56. The lowest BCUT2D eigenvalue weighted by atomic mass is 9.62. The third-order valence-electron chi connectivity index (χ3n) is 8.12. The Morgan fingerprint density at radius 3 is 2.43 bits per heavy atom. The Hall–Kier alpha value is -2.65. The van der Waals surface area contributed by atoms with Crippen LogP contribution in [0, 0.1) is 5.41 Å². The molecule has 0 bridgehead atoms. The number of ether oxygens (including phenoxy) is 1. The van der Waals surface area contributed by atoms with E-state index in [0.29, 0.717) is 31.5 Å². The minimum Gasteiger partial charge on any atom is -0.394 e. The summed E-state index contributed by atoms with van der Waals surface area (Å²) >= 11 is 0. The van der Waals surface area contributed by atoms with Crippen LogP contribution in [0.25, 0.3) is 11.4 Å². The maximum atomic E-state index is 12.5. The van der Waals surface area contributed by atoms with Crippen molar-refractivity contribution in [3.8, 4) is 11.4 Å². The monoisotopic (exact) mass is 505 g/mol. The first-order valence-corrected chi connectivity index (χ1v) is 13.4. The largest absolute Gasteiger partial charge is 0.394 e. The molecule has 0 saturated carbocycles. The summed E-state index contributed by atoms with van der Waals surface area (Å²) in [6.45, 7) is 9.85. The van der Waals surface area contributed by atoms with Gasteiger partial charge < -0.3 is 19.8 Å². The van der Waals surface area contributed by atoms with Crippen LogP contribution in [0.4, 0.5) is 0 Å². The molecule has 2 aromatic heterocycles. The van der Waals surface area contributed by atoms with Gasteiger partial charge in [0, 0.05) is 61.2 Å². The van der Waals surface area contributed by atoms with Gasteiger partial charge in [-0.05, 0) is 43.0 Å². The third kappa shape index (κ3) is 4.72. The molecule has 5 rings (SSSR count). The van der Waals surface area contributed by atoms with Gasteiger partial charge in [0.05, 0.1) is 13.2 Å². The van der Waals surface area contributed by atoms with Crippen molar-refractivity contribution < 1.29 is 14.9 Å². The Morgan fingerprint density at radius 1 is 1.11 bits per heavy atom. The van der Waals surface area contributed by atoms with Gasteiger partial charge in [-0.1, -0.05) is 45.0 Å². The number of benzene rings is 1. The van der Waals surface area contributed by atoms with Crippen molar-refractivity contribution >= 4 is 0 Å². The first kappa shape index (κ1) is 26.0. The molecule has 2 aliphatic heterocycles. The molecule has 8 heteroatoms. The number of aliphatic hydroxyl groups excluding tert-OH is 1. The zero-order valence-corrected chi connectivity index (χ0v) is 22.4. The number of aliphatic hydroxyl groups is 2. The standard InChI is InChI=1S/C29H39N5O3/c1-20(2)21-5-7-24(8-6-21)29(36,28(3)18-33(4)19-28)25-15-23(16-30-17-25)26-31-27(34(32-26)11-12-35)22-9-13-37-14-10-22/h5-8,15-17,20,22,35-36H,9-14,18-19H2,1-4H3. The van der Waals surface area contributed by atoms with Gasteiger partial charge in [-0.15, -0.1) is 0 Å². The molecule has 1 aromatic carbocycles. The average molecular weight is 506 g/mol. The van der Waals surface area contributed by atoms with E-state index in [-0.39, 0.29) is 17.9 Å². The summed E-state index contributed by atoms with van der Waals surface area (Å²) in [7, 11) is 2.08. The van der Waals surface area contributed by atoms with Gasteiger partial charge in [0.15, 0.2) is 5.82 Å². The minimum absolute atomic E-state index is 0.00466.